The number of anilines is 2. The van der Waals surface area contributed by atoms with Crippen molar-refractivity contribution in [2.24, 2.45) is 0 Å². The fourth-order valence-electron chi connectivity index (χ4n) is 5.59. The van der Waals surface area contributed by atoms with Crippen LogP contribution in [-0.2, 0) is 23.3 Å². The lowest BCUT2D eigenvalue weighted by Gasteiger charge is -2.36. The van der Waals surface area contributed by atoms with E-state index >= 15 is 0 Å². The minimum absolute atomic E-state index is 0.0734. The molecule has 0 spiro atoms. The molecule has 0 fully saturated rings. The highest BCUT2D eigenvalue weighted by molar-refractivity contribution is 5.67. The van der Waals surface area contributed by atoms with E-state index in [0.717, 1.165) is 58.2 Å². The van der Waals surface area contributed by atoms with Crippen LogP contribution < -0.4 is 19.3 Å². The Balaban J connectivity index is 1.34. The van der Waals surface area contributed by atoms with Crippen molar-refractivity contribution in [3.8, 4) is 11.5 Å². The molecule has 0 aliphatic carbocycles. The van der Waals surface area contributed by atoms with Crippen LogP contribution in [0.5, 0.6) is 11.5 Å². The maximum atomic E-state index is 11.7. The molecule has 0 bridgehead atoms. The largest absolute Gasteiger partial charge is 0.481 e. The smallest absolute Gasteiger partial charge is 0.303 e. The molecular weight excluding hydrogens is 488 g/mol. The van der Waals surface area contributed by atoms with Gasteiger partial charge in [0.05, 0.1) is 0 Å². The summed E-state index contributed by atoms with van der Waals surface area (Å²) in [6.07, 6.45) is 0.552. The molecule has 198 valence electrons. The number of para-hydroxylation sites is 2. The molecule has 4 aromatic carbocycles. The highest BCUT2D eigenvalue weighted by atomic mass is 16.5. The van der Waals surface area contributed by atoms with Crippen LogP contribution in [0.4, 0.5) is 11.4 Å². The van der Waals surface area contributed by atoms with Gasteiger partial charge in [-0.2, -0.15) is 0 Å². The third-order valence-electron chi connectivity index (χ3n) is 7.95. The van der Waals surface area contributed by atoms with Crippen molar-refractivity contribution >= 4 is 17.3 Å². The SMILES string of the molecule is CC(CCC(=O)O)(c1ccc2c(c1)CN(c1ccccc1)CO2)c1ccc2c(c1)CN(c1ccccc1)CO2. The topological polar surface area (TPSA) is 62.2 Å². The van der Waals surface area contributed by atoms with Crippen LogP contribution >= 0.6 is 0 Å². The number of rotatable bonds is 7. The van der Waals surface area contributed by atoms with Crippen LogP contribution in [-0.4, -0.2) is 24.5 Å². The Morgan fingerprint density at radius 2 is 1.21 bits per heavy atom. The molecule has 0 saturated heterocycles. The van der Waals surface area contributed by atoms with Crippen LogP contribution in [0, 0.1) is 0 Å². The summed E-state index contributed by atoms with van der Waals surface area (Å²) in [4.78, 5) is 16.1. The second-order valence-electron chi connectivity index (χ2n) is 10.5. The third-order valence-corrected chi connectivity index (χ3v) is 7.95. The number of carboxylic acid groups (broad SMARTS) is 1. The lowest BCUT2D eigenvalue weighted by Crippen LogP contribution is -2.33. The fraction of sp³-hybridized carbons (Fsp3) is 0.242. The van der Waals surface area contributed by atoms with Crippen molar-refractivity contribution in [3.63, 3.8) is 0 Å². The second-order valence-corrected chi connectivity index (χ2v) is 10.5. The van der Waals surface area contributed by atoms with Crippen molar-refractivity contribution in [3.05, 3.63) is 119 Å². The van der Waals surface area contributed by atoms with Crippen molar-refractivity contribution in [2.75, 3.05) is 23.3 Å². The Hall–Kier alpha value is -4.45. The van der Waals surface area contributed by atoms with Gasteiger partial charge >= 0.3 is 5.97 Å². The Morgan fingerprint density at radius 1 is 0.744 bits per heavy atom. The van der Waals surface area contributed by atoms with Gasteiger partial charge in [0.15, 0.2) is 13.5 Å². The summed E-state index contributed by atoms with van der Waals surface area (Å²) in [7, 11) is 0. The van der Waals surface area contributed by atoms with E-state index in [2.05, 4.69) is 65.3 Å². The normalized spacial score (nSPS) is 14.6. The first-order valence-corrected chi connectivity index (χ1v) is 13.3. The molecular formula is C33H32N2O4. The number of hydrogen-bond acceptors (Lipinski definition) is 5. The Morgan fingerprint density at radius 3 is 1.64 bits per heavy atom. The van der Waals surface area contributed by atoms with Gasteiger partial charge in [0, 0.05) is 47.4 Å². The molecule has 39 heavy (non-hydrogen) atoms. The summed E-state index contributed by atoms with van der Waals surface area (Å²) in [6, 6.07) is 33.1. The van der Waals surface area contributed by atoms with E-state index in [9.17, 15) is 9.90 Å². The van der Waals surface area contributed by atoms with Gasteiger partial charge in [0.25, 0.3) is 0 Å². The highest BCUT2D eigenvalue weighted by Gasteiger charge is 2.33. The molecule has 0 aromatic heterocycles. The molecule has 0 amide bonds. The molecule has 0 saturated carbocycles. The first kappa shape index (κ1) is 24.9. The van der Waals surface area contributed by atoms with E-state index in [1.807, 2.05) is 48.5 Å². The molecule has 2 aliphatic rings. The van der Waals surface area contributed by atoms with Crippen LogP contribution in [0.25, 0.3) is 0 Å². The average molecular weight is 521 g/mol. The standard InChI is InChI=1S/C33H32N2O4/c1-33(17-16-32(36)37,26-12-14-30-24(18-26)20-34(22-38-30)28-8-4-2-5-9-28)27-13-15-31-25(19-27)21-35(23-39-31)29-10-6-3-7-11-29/h2-15,18-19H,16-17,20-23H2,1H3,(H,36,37). The van der Waals surface area contributed by atoms with Gasteiger partial charge in [-0.25, -0.2) is 0 Å². The zero-order chi connectivity index (χ0) is 26.8. The predicted octanol–water partition coefficient (Wildman–Crippen LogP) is 6.57. The number of ether oxygens (including phenoxy) is 2. The molecule has 0 unspecified atom stereocenters. The van der Waals surface area contributed by atoms with Gasteiger partial charge in [-0.15, -0.1) is 0 Å². The van der Waals surface area contributed by atoms with Crippen molar-refractivity contribution in [1.82, 2.24) is 0 Å². The zero-order valence-corrected chi connectivity index (χ0v) is 22.0. The number of hydrogen-bond donors (Lipinski definition) is 1. The Labute approximate surface area is 229 Å². The van der Waals surface area contributed by atoms with Gasteiger partial charge in [-0.1, -0.05) is 55.5 Å². The summed E-state index contributed by atoms with van der Waals surface area (Å²) in [5.74, 6) is 0.960. The molecule has 2 heterocycles. The molecule has 4 aromatic rings. The van der Waals surface area contributed by atoms with Gasteiger partial charge < -0.3 is 24.4 Å². The summed E-state index contributed by atoms with van der Waals surface area (Å²) >= 11 is 0. The molecule has 2 aliphatic heterocycles. The number of benzene rings is 4. The monoisotopic (exact) mass is 520 g/mol. The summed E-state index contributed by atoms with van der Waals surface area (Å²) in [6.45, 7) is 4.60. The Bertz CT molecular complexity index is 1370. The lowest BCUT2D eigenvalue weighted by molar-refractivity contribution is -0.137. The molecule has 0 atom stereocenters. The predicted molar refractivity (Wildman–Crippen MR) is 152 cm³/mol. The third kappa shape index (κ3) is 5.02. The first-order chi connectivity index (χ1) is 19.0. The average Bonchev–Trinajstić information content (AvgIpc) is 2.99. The second kappa shape index (κ2) is 10.4. The van der Waals surface area contributed by atoms with Gasteiger partial charge in [-0.3, -0.25) is 4.79 Å². The molecule has 6 rings (SSSR count). The van der Waals surface area contributed by atoms with Gasteiger partial charge in [0.2, 0.25) is 0 Å². The van der Waals surface area contributed by atoms with E-state index in [-0.39, 0.29) is 6.42 Å². The fourth-order valence-corrected chi connectivity index (χ4v) is 5.59. The zero-order valence-electron chi connectivity index (χ0n) is 22.0. The van der Waals surface area contributed by atoms with Crippen molar-refractivity contribution in [2.45, 2.75) is 38.3 Å². The lowest BCUT2D eigenvalue weighted by atomic mass is 9.72. The Kier molecular flexibility index (Phi) is 6.61. The minimum atomic E-state index is -0.797. The molecule has 6 nitrogen and oxygen atoms in total. The molecule has 6 heteroatoms. The van der Waals surface area contributed by atoms with Crippen LogP contribution in [0.15, 0.2) is 97.1 Å². The van der Waals surface area contributed by atoms with E-state index in [4.69, 9.17) is 9.47 Å². The van der Waals surface area contributed by atoms with E-state index in [1.165, 1.54) is 0 Å². The van der Waals surface area contributed by atoms with Crippen LogP contribution in [0.3, 0.4) is 0 Å². The molecule has 0 radical (unpaired) electrons. The number of aliphatic carboxylic acids is 1. The van der Waals surface area contributed by atoms with Crippen LogP contribution in [0.1, 0.15) is 42.0 Å². The number of carboxylic acids is 1. The van der Waals surface area contributed by atoms with Crippen molar-refractivity contribution < 1.29 is 19.4 Å². The number of fused-ring (bicyclic) bond motifs is 2. The van der Waals surface area contributed by atoms with E-state index in [1.54, 1.807) is 0 Å². The van der Waals surface area contributed by atoms with Crippen LogP contribution in [0.2, 0.25) is 0 Å². The first-order valence-electron chi connectivity index (χ1n) is 13.3. The summed E-state index contributed by atoms with van der Waals surface area (Å²) < 4.78 is 12.2. The van der Waals surface area contributed by atoms with E-state index in [0.29, 0.717) is 19.9 Å². The molecule has 1 N–H and O–H groups in total. The van der Waals surface area contributed by atoms with Crippen molar-refractivity contribution in [1.29, 1.82) is 0 Å². The number of nitrogens with zero attached hydrogens (tertiary/aromatic N) is 2. The summed E-state index contributed by atoms with van der Waals surface area (Å²) in [5, 5.41) is 9.62. The summed E-state index contributed by atoms with van der Waals surface area (Å²) in [5.41, 5.74) is 6.07. The maximum absolute atomic E-state index is 11.7. The maximum Gasteiger partial charge on any atom is 0.303 e. The highest BCUT2D eigenvalue weighted by Crippen LogP contribution is 2.42. The quantitative estimate of drug-likeness (QED) is 0.297. The van der Waals surface area contributed by atoms with Gasteiger partial charge in [-0.05, 0) is 66.1 Å². The van der Waals surface area contributed by atoms with Gasteiger partial charge in [0.1, 0.15) is 11.5 Å². The van der Waals surface area contributed by atoms with E-state index < -0.39 is 11.4 Å². The number of carbonyl (C=O) groups is 1. The minimum Gasteiger partial charge on any atom is -0.481 e.